The molecule has 1 aliphatic heterocycles. The topological polar surface area (TPSA) is 54.3 Å². The van der Waals surface area contributed by atoms with Gasteiger partial charge in [0.15, 0.2) is 0 Å². The lowest BCUT2D eigenvalue weighted by Crippen LogP contribution is -2.64. The molecule has 1 saturated carbocycles. The largest absolute Gasteiger partial charge is 0.351 e. The van der Waals surface area contributed by atoms with Crippen LogP contribution in [-0.4, -0.2) is 39.4 Å². The Hall–Kier alpha value is -2.30. The summed E-state index contributed by atoms with van der Waals surface area (Å²) in [4.78, 5) is 28.5. The van der Waals surface area contributed by atoms with Gasteiger partial charge in [-0.1, -0.05) is 44.4 Å². The van der Waals surface area contributed by atoms with Crippen molar-refractivity contribution in [3.63, 3.8) is 0 Å². The van der Waals surface area contributed by atoms with E-state index in [2.05, 4.69) is 12.2 Å². The van der Waals surface area contributed by atoms with Crippen molar-refractivity contribution >= 4 is 22.7 Å². The van der Waals surface area contributed by atoms with E-state index in [-0.39, 0.29) is 17.9 Å². The van der Waals surface area contributed by atoms with E-state index in [1.165, 1.54) is 12.8 Å². The zero-order valence-electron chi connectivity index (χ0n) is 16.3. The summed E-state index contributed by atoms with van der Waals surface area (Å²) in [5, 5.41) is 4.29. The van der Waals surface area contributed by atoms with Crippen molar-refractivity contribution in [2.75, 3.05) is 6.54 Å². The molecule has 0 saturated heterocycles. The third-order valence-corrected chi connectivity index (χ3v) is 6.25. The van der Waals surface area contributed by atoms with Crippen LogP contribution < -0.4 is 5.32 Å². The molecule has 1 aliphatic carbocycles. The summed E-state index contributed by atoms with van der Waals surface area (Å²) in [6, 6.07) is 10.2. The molecule has 1 unspecified atom stereocenters. The molecule has 144 valence electrons. The van der Waals surface area contributed by atoms with Crippen LogP contribution in [0.25, 0.3) is 10.9 Å². The normalized spacial score (nSPS) is 23.0. The molecule has 27 heavy (non-hydrogen) atoms. The number of hydrogen-bond donors (Lipinski definition) is 1. The number of unbranched alkanes of at least 4 members (excludes halogenated alkanes) is 1. The summed E-state index contributed by atoms with van der Waals surface area (Å²) in [6.45, 7) is 5.17. The van der Waals surface area contributed by atoms with Crippen molar-refractivity contribution in [2.45, 2.75) is 70.5 Å². The molecule has 2 heterocycles. The van der Waals surface area contributed by atoms with Gasteiger partial charge in [-0.15, -0.1) is 0 Å². The second-order valence-corrected chi connectivity index (χ2v) is 8.21. The van der Waals surface area contributed by atoms with Crippen LogP contribution in [0.2, 0.25) is 0 Å². The highest BCUT2D eigenvalue weighted by molar-refractivity contribution is 6.03. The lowest BCUT2D eigenvalue weighted by molar-refractivity contribution is -0.133. The zero-order chi connectivity index (χ0) is 19.0. The van der Waals surface area contributed by atoms with Crippen LogP contribution in [0.3, 0.4) is 0 Å². The van der Waals surface area contributed by atoms with Crippen molar-refractivity contribution in [3.05, 3.63) is 36.0 Å². The summed E-state index contributed by atoms with van der Waals surface area (Å²) < 4.78 is 2.04. The zero-order valence-corrected chi connectivity index (χ0v) is 16.3. The molecule has 0 radical (unpaired) electrons. The Morgan fingerprint density at radius 3 is 2.74 bits per heavy atom. The molecule has 1 aromatic heterocycles. The predicted molar refractivity (Wildman–Crippen MR) is 107 cm³/mol. The minimum atomic E-state index is -0.858. The Labute approximate surface area is 160 Å². The number of nitrogens with zero attached hydrogens (tertiary/aromatic N) is 2. The molecule has 2 aromatic rings. The SMILES string of the molecule is CCCCN1C(=O)c2cc3ccccc3n2CC1(C)C(=O)NC1CCCC1. The van der Waals surface area contributed by atoms with E-state index in [1.807, 2.05) is 46.7 Å². The average Bonchev–Trinajstić information content (AvgIpc) is 3.29. The quantitative estimate of drug-likeness (QED) is 0.876. The second-order valence-electron chi connectivity index (χ2n) is 8.21. The number of amides is 2. The summed E-state index contributed by atoms with van der Waals surface area (Å²) in [7, 11) is 0. The van der Waals surface area contributed by atoms with Crippen molar-refractivity contribution in [2.24, 2.45) is 0 Å². The smallest absolute Gasteiger partial charge is 0.271 e. The molecule has 4 rings (SSSR count). The fourth-order valence-electron chi connectivity index (χ4n) is 4.58. The summed E-state index contributed by atoms with van der Waals surface area (Å²) in [6.07, 6.45) is 6.33. The molecular formula is C22H29N3O2. The number of carbonyl (C=O) groups excluding carboxylic acids is 2. The second kappa shape index (κ2) is 7.02. The number of aromatic nitrogens is 1. The Morgan fingerprint density at radius 1 is 1.26 bits per heavy atom. The van der Waals surface area contributed by atoms with E-state index in [0.717, 1.165) is 36.6 Å². The highest BCUT2D eigenvalue weighted by Crippen LogP contribution is 2.33. The molecule has 5 nitrogen and oxygen atoms in total. The lowest BCUT2D eigenvalue weighted by atomic mass is 9.93. The van der Waals surface area contributed by atoms with Crippen LogP contribution in [-0.2, 0) is 11.3 Å². The first-order valence-corrected chi connectivity index (χ1v) is 10.3. The van der Waals surface area contributed by atoms with Gasteiger partial charge in [-0.05, 0) is 38.3 Å². The van der Waals surface area contributed by atoms with Crippen molar-refractivity contribution < 1.29 is 9.59 Å². The van der Waals surface area contributed by atoms with Crippen molar-refractivity contribution in [1.29, 1.82) is 0 Å². The molecular weight excluding hydrogens is 338 g/mol. The number of rotatable bonds is 5. The van der Waals surface area contributed by atoms with Gasteiger partial charge in [0, 0.05) is 23.5 Å². The van der Waals surface area contributed by atoms with Gasteiger partial charge < -0.3 is 14.8 Å². The number of nitrogens with one attached hydrogen (secondary N) is 1. The van der Waals surface area contributed by atoms with Gasteiger partial charge in [0.05, 0.1) is 6.54 Å². The van der Waals surface area contributed by atoms with Crippen molar-refractivity contribution in [1.82, 2.24) is 14.8 Å². The molecule has 1 fully saturated rings. The monoisotopic (exact) mass is 367 g/mol. The van der Waals surface area contributed by atoms with Crippen LogP contribution in [0.4, 0.5) is 0 Å². The molecule has 2 amide bonds. The summed E-state index contributed by atoms with van der Waals surface area (Å²) in [5.41, 5.74) is 0.859. The number of fused-ring (bicyclic) bond motifs is 3. The van der Waals surface area contributed by atoms with Crippen LogP contribution in [0.1, 0.15) is 62.9 Å². The van der Waals surface area contributed by atoms with Gasteiger partial charge in [0.2, 0.25) is 5.91 Å². The average molecular weight is 367 g/mol. The Balaban J connectivity index is 1.73. The molecule has 1 atom stereocenters. The number of hydrogen-bond acceptors (Lipinski definition) is 2. The standard InChI is InChI=1S/C22H29N3O2/c1-3-4-13-25-20(26)19-14-16-9-5-8-12-18(16)24(19)15-22(25,2)21(27)23-17-10-6-7-11-17/h5,8-9,12,14,17H,3-4,6-7,10-11,13,15H2,1-2H3,(H,23,27). The van der Waals surface area contributed by atoms with Gasteiger partial charge in [-0.25, -0.2) is 0 Å². The van der Waals surface area contributed by atoms with Crippen LogP contribution in [0, 0.1) is 0 Å². The summed E-state index contributed by atoms with van der Waals surface area (Å²) in [5.74, 6) is -0.0442. The Bertz CT molecular complexity index is 866. The molecule has 1 aromatic carbocycles. The van der Waals surface area contributed by atoms with E-state index in [9.17, 15) is 9.59 Å². The van der Waals surface area contributed by atoms with Crippen LogP contribution >= 0.6 is 0 Å². The van der Waals surface area contributed by atoms with Crippen LogP contribution in [0.15, 0.2) is 30.3 Å². The van der Waals surface area contributed by atoms with E-state index in [1.54, 1.807) is 0 Å². The number of benzene rings is 1. The molecule has 1 N–H and O–H groups in total. The maximum absolute atomic E-state index is 13.4. The molecule has 0 bridgehead atoms. The maximum atomic E-state index is 13.4. The van der Waals surface area contributed by atoms with E-state index in [0.29, 0.717) is 18.8 Å². The first-order chi connectivity index (χ1) is 13.0. The van der Waals surface area contributed by atoms with Crippen LogP contribution in [0.5, 0.6) is 0 Å². The van der Waals surface area contributed by atoms with E-state index < -0.39 is 5.54 Å². The van der Waals surface area contributed by atoms with E-state index in [4.69, 9.17) is 0 Å². The molecule has 0 spiro atoms. The Morgan fingerprint density at radius 2 is 2.00 bits per heavy atom. The highest BCUT2D eigenvalue weighted by Gasteiger charge is 2.47. The summed E-state index contributed by atoms with van der Waals surface area (Å²) >= 11 is 0. The lowest BCUT2D eigenvalue weighted by Gasteiger charge is -2.44. The molecule has 2 aliphatic rings. The fourth-order valence-corrected chi connectivity index (χ4v) is 4.58. The highest BCUT2D eigenvalue weighted by atomic mass is 16.2. The fraction of sp³-hybridized carbons (Fsp3) is 0.545. The minimum Gasteiger partial charge on any atom is -0.351 e. The molecule has 5 heteroatoms. The van der Waals surface area contributed by atoms with Gasteiger partial charge in [0.1, 0.15) is 11.2 Å². The van der Waals surface area contributed by atoms with Gasteiger partial charge in [-0.3, -0.25) is 9.59 Å². The van der Waals surface area contributed by atoms with E-state index >= 15 is 0 Å². The predicted octanol–water partition coefficient (Wildman–Crippen LogP) is 3.71. The first kappa shape index (κ1) is 18.1. The van der Waals surface area contributed by atoms with Gasteiger partial charge in [-0.2, -0.15) is 0 Å². The van der Waals surface area contributed by atoms with Gasteiger partial charge >= 0.3 is 0 Å². The third-order valence-electron chi connectivity index (χ3n) is 6.25. The number of carbonyl (C=O) groups is 2. The third kappa shape index (κ3) is 3.03. The Kier molecular flexibility index (Phi) is 4.70. The maximum Gasteiger partial charge on any atom is 0.271 e. The van der Waals surface area contributed by atoms with Crippen molar-refractivity contribution in [3.8, 4) is 0 Å². The first-order valence-electron chi connectivity index (χ1n) is 10.3. The minimum absolute atomic E-state index is 0.0118. The number of para-hydroxylation sites is 1. The van der Waals surface area contributed by atoms with Gasteiger partial charge in [0.25, 0.3) is 5.91 Å².